The Bertz CT molecular complexity index is 812. The number of carbonyl (C=O) groups excluding carboxylic acids is 1. The average Bonchev–Trinajstić information content (AvgIpc) is 2.64. The molecule has 0 unspecified atom stereocenters. The lowest BCUT2D eigenvalue weighted by atomic mass is 10.1. The molecule has 0 aliphatic rings. The van der Waals surface area contributed by atoms with Crippen molar-refractivity contribution in [2.75, 3.05) is 13.2 Å². The number of aliphatic imine (C=N–C) groups is 1. The number of benzene rings is 2. The van der Waals surface area contributed by atoms with Gasteiger partial charge in [0, 0.05) is 11.8 Å². The second kappa shape index (κ2) is 9.42. The minimum atomic E-state index is -0.374. The van der Waals surface area contributed by atoms with Crippen LogP contribution >= 0.6 is 0 Å². The van der Waals surface area contributed by atoms with Gasteiger partial charge in [-0.1, -0.05) is 12.1 Å². The van der Waals surface area contributed by atoms with Crippen molar-refractivity contribution in [3.8, 4) is 11.5 Å². The summed E-state index contributed by atoms with van der Waals surface area (Å²) in [6.45, 7) is 8.10. The van der Waals surface area contributed by atoms with E-state index in [9.17, 15) is 9.90 Å². The van der Waals surface area contributed by atoms with Crippen LogP contribution in [-0.4, -0.2) is 30.5 Å². The van der Waals surface area contributed by atoms with Crippen molar-refractivity contribution in [2.24, 2.45) is 4.99 Å². The van der Waals surface area contributed by atoms with E-state index in [2.05, 4.69) is 11.6 Å². The second-order valence-electron chi connectivity index (χ2n) is 5.48. The zero-order chi connectivity index (χ0) is 18.9. The lowest BCUT2D eigenvalue weighted by Crippen LogP contribution is -2.03. The highest BCUT2D eigenvalue weighted by Gasteiger charge is 2.10. The molecule has 0 atom stereocenters. The number of ether oxygens (including phenoxy) is 2. The summed E-state index contributed by atoms with van der Waals surface area (Å²) < 4.78 is 10.5. The van der Waals surface area contributed by atoms with Crippen LogP contribution in [0.4, 0.5) is 5.69 Å². The van der Waals surface area contributed by atoms with Crippen LogP contribution in [0.1, 0.15) is 35.3 Å². The number of aromatic hydroxyl groups is 1. The van der Waals surface area contributed by atoms with E-state index < -0.39 is 0 Å². The highest BCUT2D eigenvalue weighted by atomic mass is 16.5. The maximum atomic E-state index is 11.8. The molecule has 2 aromatic rings. The van der Waals surface area contributed by atoms with Gasteiger partial charge >= 0.3 is 5.97 Å². The fourth-order valence-electron chi connectivity index (χ4n) is 2.42. The van der Waals surface area contributed by atoms with Crippen molar-refractivity contribution in [2.45, 2.75) is 20.3 Å². The van der Waals surface area contributed by atoms with Gasteiger partial charge in [0.1, 0.15) is 0 Å². The number of nitrogens with zero attached hydrogens (tertiary/aromatic N) is 1. The fraction of sp³-hybridized carbons (Fsp3) is 0.238. The molecule has 0 bridgehead atoms. The summed E-state index contributed by atoms with van der Waals surface area (Å²) in [6, 6.07) is 10.5. The normalized spacial score (nSPS) is 10.7. The van der Waals surface area contributed by atoms with Crippen LogP contribution < -0.4 is 4.74 Å². The molecule has 0 aromatic heterocycles. The van der Waals surface area contributed by atoms with E-state index in [-0.39, 0.29) is 11.7 Å². The van der Waals surface area contributed by atoms with Gasteiger partial charge in [-0.15, -0.1) is 6.58 Å². The lowest BCUT2D eigenvalue weighted by Gasteiger charge is -2.10. The first kappa shape index (κ1) is 19.2. The highest BCUT2D eigenvalue weighted by Crippen LogP contribution is 2.32. The summed E-state index contributed by atoms with van der Waals surface area (Å²) >= 11 is 0. The molecule has 136 valence electrons. The molecule has 0 heterocycles. The smallest absolute Gasteiger partial charge is 0.338 e. The SMILES string of the molecule is C=CCc1cc(C=Nc2cccc(C(=O)OCC)c2)cc(OCC)c1O. The topological polar surface area (TPSA) is 68.1 Å². The molecule has 0 spiro atoms. The van der Waals surface area contributed by atoms with Crippen LogP contribution in [0.25, 0.3) is 0 Å². The molecule has 1 N–H and O–H groups in total. The summed E-state index contributed by atoms with van der Waals surface area (Å²) in [4.78, 5) is 16.2. The van der Waals surface area contributed by atoms with Gasteiger partial charge < -0.3 is 14.6 Å². The lowest BCUT2D eigenvalue weighted by molar-refractivity contribution is 0.0526. The molecule has 0 aliphatic heterocycles. The van der Waals surface area contributed by atoms with E-state index in [1.165, 1.54) is 0 Å². The third-order valence-electron chi connectivity index (χ3n) is 3.56. The number of hydrogen-bond donors (Lipinski definition) is 1. The number of phenols is 1. The van der Waals surface area contributed by atoms with Crippen LogP contribution in [0.15, 0.2) is 54.0 Å². The molecular formula is C21H23NO4. The maximum Gasteiger partial charge on any atom is 0.338 e. The molecule has 5 heteroatoms. The molecule has 26 heavy (non-hydrogen) atoms. The predicted molar refractivity (Wildman–Crippen MR) is 103 cm³/mol. The van der Waals surface area contributed by atoms with Crippen molar-refractivity contribution in [1.29, 1.82) is 0 Å². The first-order valence-electron chi connectivity index (χ1n) is 8.49. The first-order chi connectivity index (χ1) is 12.6. The van der Waals surface area contributed by atoms with Crippen molar-refractivity contribution in [3.63, 3.8) is 0 Å². The zero-order valence-electron chi connectivity index (χ0n) is 15.1. The van der Waals surface area contributed by atoms with Gasteiger partial charge in [0.2, 0.25) is 0 Å². The van der Waals surface area contributed by atoms with Crippen molar-refractivity contribution >= 4 is 17.9 Å². The van der Waals surface area contributed by atoms with Crippen LogP contribution in [-0.2, 0) is 11.2 Å². The molecule has 5 nitrogen and oxygen atoms in total. The molecular weight excluding hydrogens is 330 g/mol. The zero-order valence-corrected chi connectivity index (χ0v) is 15.1. The number of esters is 1. The third-order valence-corrected chi connectivity index (χ3v) is 3.56. The molecule has 0 saturated carbocycles. The van der Waals surface area contributed by atoms with Crippen molar-refractivity contribution in [1.82, 2.24) is 0 Å². The third kappa shape index (κ3) is 4.96. The van der Waals surface area contributed by atoms with Gasteiger partial charge in [-0.25, -0.2) is 4.79 Å². The van der Waals surface area contributed by atoms with Crippen LogP contribution in [0.3, 0.4) is 0 Å². The Kier molecular flexibility index (Phi) is 6.97. The molecule has 2 rings (SSSR count). The van der Waals surface area contributed by atoms with E-state index in [0.717, 1.165) is 5.56 Å². The molecule has 0 fully saturated rings. The Morgan fingerprint density at radius 1 is 1.23 bits per heavy atom. The average molecular weight is 353 g/mol. The second-order valence-corrected chi connectivity index (χ2v) is 5.48. The minimum absolute atomic E-state index is 0.119. The number of allylic oxidation sites excluding steroid dienone is 1. The molecule has 0 radical (unpaired) electrons. The molecule has 0 aliphatic carbocycles. The van der Waals surface area contributed by atoms with Gasteiger partial charge in [0.15, 0.2) is 11.5 Å². The summed E-state index contributed by atoms with van der Waals surface area (Å²) in [5.41, 5.74) is 2.58. The van der Waals surface area contributed by atoms with E-state index >= 15 is 0 Å². The first-order valence-corrected chi connectivity index (χ1v) is 8.49. The number of hydrogen-bond acceptors (Lipinski definition) is 5. The van der Waals surface area contributed by atoms with Gasteiger partial charge in [0.05, 0.1) is 24.5 Å². The Morgan fingerprint density at radius 3 is 2.73 bits per heavy atom. The minimum Gasteiger partial charge on any atom is -0.504 e. The Morgan fingerprint density at radius 2 is 2.04 bits per heavy atom. The van der Waals surface area contributed by atoms with E-state index in [1.54, 1.807) is 49.5 Å². The van der Waals surface area contributed by atoms with Crippen LogP contribution in [0, 0.1) is 0 Å². The Hall–Kier alpha value is -3.08. The van der Waals surface area contributed by atoms with Crippen molar-refractivity contribution in [3.05, 3.63) is 65.7 Å². The van der Waals surface area contributed by atoms with Gasteiger partial charge in [0.25, 0.3) is 0 Å². The fourth-order valence-corrected chi connectivity index (χ4v) is 2.42. The number of rotatable bonds is 8. The standard InChI is InChI=1S/C21H23NO4/c1-4-8-16-11-15(12-19(20(16)23)25-5-2)14-22-18-10-7-9-17(13-18)21(24)26-6-3/h4,7,9-14,23H,1,5-6,8H2,2-3H3. The van der Waals surface area contributed by atoms with Gasteiger partial charge in [-0.2, -0.15) is 0 Å². The Labute approximate surface area is 153 Å². The van der Waals surface area contributed by atoms with Crippen LogP contribution in [0.2, 0.25) is 0 Å². The molecule has 0 amide bonds. The quantitative estimate of drug-likeness (QED) is 0.432. The number of carbonyl (C=O) groups is 1. The molecule has 0 saturated heterocycles. The largest absolute Gasteiger partial charge is 0.504 e. The van der Waals surface area contributed by atoms with E-state index in [4.69, 9.17) is 9.47 Å². The maximum absolute atomic E-state index is 11.8. The van der Waals surface area contributed by atoms with Crippen LogP contribution in [0.5, 0.6) is 11.5 Å². The summed E-state index contributed by atoms with van der Waals surface area (Å²) in [7, 11) is 0. The monoisotopic (exact) mass is 353 g/mol. The highest BCUT2D eigenvalue weighted by molar-refractivity contribution is 5.91. The van der Waals surface area contributed by atoms with Gasteiger partial charge in [-0.05, 0) is 56.2 Å². The summed E-state index contributed by atoms with van der Waals surface area (Å²) in [5, 5.41) is 10.2. The number of phenolic OH excluding ortho intramolecular Hbond substituents is 1. The van der Waals surface area contributed by atoms with Gasteiger partial charge in [-0.3, -0.25) is 4.99 Å². The van der Waals surface area contributed by atoms with E-state index in [1.807, 2.05) is 13.0 Å². The molecule has 2 aromatic carbocycles. The summed E-state index contributed by atoms with van der Waals surface area (Å²) in [5.74, 6) is 0.155. The van der Waals surface area contributed by atoms with Crippen molar-refractivity contribution < 1.29 is 19.4 Å². The van der Waals surface area contributed by atoms with E-state index in [0.29, 0.717) is 42.2 Å². The Balaban J connectivity index is 2.31. The summed E-state index contributed by atoms with van der Waals surface area (Å²) in [6.07, 6.45) is 3.90. The predicted octanol–water partition coefficient (Wildman–Crippen LogP) is 4.45.